The van der Waals surface area contributed by atoms with Crippen molar-refractivity contribution in [3.05, 3.63) is 29.2 Å². The lowest BCUT2D eigenvalue weighted by Crippen LogP contribution is -2.52. The minimum atomic E-state index is 0. The maximum absolute atomic E-state index is 5.35. The van der Waals surface area contributed by atoms with Crippen molar-refractivity contribution in [1.82, 2.24) is 20.3 Å². The lowest BCUT2D eigenvalue weighted by molar-refractivity contribution is 0.153. The van der Waals surface area contributed by atoms with E-state index in [0.29, 0.717) is 0 Å². The van der Waals surface area contributed by atoms with Crippen LogP contribution in [0.3, 0.4) is 0 Å². The molecule has 0 atom stereocenters. The monoisotopic (exact) mass is 475 g/mol. The largest absolute Gasteiger partial charge is 0.377 e. The SMILES string of the molecule is CN=C(NCCC1=CCOCC1)N1CCN(Cc2cc(C)on2)CC1.I. The van der Waals surface area contributed by atoms with Crippen LogP contribution in [0.2, 0.25) is 0 Å². The smallest absolute Gasteiger partial charge is 0.193 e. The van der Waals surface area contributed by atoms with Gasteiger partial charge in [0.15, 0.2) is 5.96 Å². The molecule has 1 aromatic rings. The van der Waals surface area contributed by atoms with Crippen LogP contribution in [0, 0.1) is 6.92 Å². The highest BCUT2D eigenvalue weighted by Crippen LogP contribution is 2.12. The molecule has 7 nitrogen and oxygen atoms in total. The van der Waals surface area contributed by atoms with Crippen molar-refractivity contribution in [3.63, 3.8) is 0 Å². The number of rotatable bonds is 5. The summed E-state index contributed by atoms with van der Waals surface area (Å²) in [4.78, 5) is 9.20. The average Bonchev–Trinajstić information content (AvgIpc) is 3.05. The highest BCUT2D eigenvalue weighted by atomic mass is 127. The Morgan fingerprint density at radius 3 is 2.73 bits per heavy atom. The number of guanidine groups is 1. The second-order valence-electron chi connectivity index (χ2n) is 6.60. The van der Waals surface area contributed by atoms with Gasteiger partial charge in [-0.1, -0.05) is 16.8 Å². The van der Waals surface area contributed by atoms with Crippen molar-refractivity contribution < 1.29 is 9.26 Å². The zero-order valence-electron chi connectivity index (χ0n) is 15.7. The van der Waals surface area contributed by atoms with E-state index in [9.17, 15) is 0 Å². The topological polar surface area (TPSA) is 66.1 Å². The molecular weight excluding hydrogens is 445 g/mol. The summed E-state index contributed by atoms with van der Waals surface area (Å²) in [7, 11) is 1.86. The lowest BCUT2D eigenvalue weighted by atomic mass is 10.1. The fourth-order valence-electron chi connectivity index (χ4n) is 3.30. The average molecular weight is 475 g/mol. The van der Waals surface area contributed by atoms with Gasteiger partial charge in [0.25, 0.3) is 0 Å². The van der Waals surface area contributed by atoms with Gasteiger partial charge in [0, 0.05) is 52.4 Å². The third-order valence-corrected chi connectivity index (χ3v) is 4.73. The first-order valence-corrected chi connectivity index (χ1v) is 9.10. The van der Waals surface area contributed by atoms with Crippen LogP contribution in [0.25, 0.3) is 0 Å². The molecule has 26 heavy (non-hydrogen) atoms. The second-order valence-corrected chi connectivity index (χ2v) is 6.60. The molecule has 0 radical (unpaired) electrons. The summed E-state index contributed by atoms with van der Waals surface area (Å²) in [5.74, 6) is 1.88. The lowest BCUT2D eigenvalue weighted by Gasteiger charge is -2.36. The van der Waals surface area contributed by atoms with Crippen LogP contribution in [0.5, 0.6) is 0 Å². The van der Waals surface area contributed by atoms with Gasteiger partial charge in [-0.15, -0.1) is 24.0 Å². The molecule has 8 heteroatoms. The molecule has 0 amide bonds. The molecule has 1 saturated heterocycles. The number of aryl methyl sites for hydroxylation is 1. The van der Waals surface area contributed by atoms with Gasteiger partial charge in [-0.3, -0.25) is 9.89 Å². The van der Waals surface area contributed by atoms with Gasteiger partial charge in [0.2, 0.25) is 0 Å². The molecule has 2 aliphatic rings. The Balaban J connectivity index is 0.00000243. The molecule has 2 aliphatic heterocycles. The molecule has 3 heterocycles. The van der Waals surface area contributed by atoms with E-state index in [1.807, 2.05) is 20.0 Å². The minimum absolute atomic E-state index is 0. The fraction of sp³-hybridized carbons (Fsp3) is 0.667. The van der Waals surface area contributed by atoms with Crippen molar-refractivity contribution in [2.45, 2.75) is 26.3 Å². The van der Waals surface area contributed by atoms with E-state index in [1.54, 1.807) is 0 Å². The summed E-state index contributed by atoms with van der Waals surface area (Å²) < 4.78 is 10.5. The quantitative estimate of drug-likeness (QED) is 0.305. The number of ether oxygens (including phenoxy) is 1. The molecule has 0 aromatic carbocycles. The van der Waals surface area contributed by atoms with Crippen LogP contribution in [0.4, 0.5) is 0 Å². The van der Waals surface area contributed by atoms with E-state index < -0.39 is 0 Å². The van der Waals surface area contributed by atoms with Gasteiger partial charge in [-0.05, 0) is 19.8 Å². The van der Waals surface area contributed by atoms with E-state index in [4.69, 9.17) is 9.26 Å². The van der Waals surface area contributed by atoms with Crippen LogP contribution in [-0.4, -0.2) is 73.9 Å². The third-order valence-electron chi connectivity index (χ3n) is 4.73. The van der Waals surface area contributed by atoms with Crippen molar-refractivity contribution in [1.29, 1.82) is 0 Å². The zero-order chi connectivity index (χ0) is 17.5. The molecule has 1 N–H and O–H groups in total. The standard InChI is InChI=1S/C18H29N5O2.HI/c1-15-13-17(21-25-15)14-22-7-9-23(10-8-22)18(19-2)20-6-3-16-4-11-24-12-5-16;/h4,13H,3,5-12,14H2,1-2H3,(H,19,20);1H. The van der Waals surface area contributed by atoms with Gasteiger partial charge in [0.05, 0.1) is 18.9 Å². The Labute approximate surface area is 172 Å². The first-order chi connectivity index (χ1) is 12.2. The Kier molecular flexibility index (Phi) is 8.86. The molecule has 1 aromatic heterocycles. The number of piperazine rings is 1. The number of aliphatic imine (C=N–C) groups is 1. The number of aromatic nitrogens is 1. The molecule has 0 saturated carbocycles. The number of hydrogen-bond donors (Lipinski definition) is 1. The molecular formula is C18H30IN5O2. The molecule has 146 valence electrons. The molecule has 0 aliphatic carbocycles. The molecule has 0 bridgehead atoms. The minimum Gasteiger partial charge on any atom is -0.377 e. The highest BCUT2D eigenvalue weighted by molar-refractivity contribution is 14.0. The third kappa shape index (κ3) is 6.24. The summed E-state index contributed by atoms with van der Waals surface area (Å²) in [5.41, 5.74) is 2.50. The second kappa shape index (κ2) is 10.9. The van der Waals surface area contributed by atoms with Gasteiger partial charge < -0.3 is 19.5 Å². The first-order valence-electron chi connectivity index (χ1n) is 9.10. The van der Waals surface area contributed by atoms with Gasteiger partial charge in [-0.25, -0.2) is 0 Å². The van der Waals surface area contributed by atoms with Crippen molar-refractivity contribution >= 4 is 29.9 Å². The Bertz CT molecular complexity index is 608. The maximum atomic E-state index is 5.35. The molecule has 0 spiro atoms. The summed E-state index contributed by atoms with van der Waals surface area (Å²) in [6.07, 6.45) is 4.33. The summed E-state index contributed by atoms with van der Waals surface area (Å²) in [6.45, 7) is 9.31. The first kappa shape index (κ1) is 21.2. The molecule has 1 fully saturated rings. The fourth-order valence-corrected chi connectivity index (χ4v) is 3.30. The zero-order valence-corrected chi connectivity index (χ0v) is 18.1. The van der Waals surface area contributed by atoms with E-state index in [-0.39, 0.29) is 24.0 Å². The normalized spacial score (nSPS) is 19.1. The van der Waals surface area contributed by atoms with E-state index in [0.717, 1.165) is 82.7 Å². The Morgan fingerprint density at radius 1 is 1.31 bits per heavy atom. The molecule has 0 unspecified atom stereocenters. The van der Waals surface area contributed by atoms with Crippen LogP contribution < -0.4 is 5.32 Å². The van der Waals surface area contributed by atoms with Crippen LogP contribution in [0.1, 0.15) is 24.3 Å². The number of hydrogen-bond acceptors (Lipinski definition) is 5. The predicted octanol–water partition coefficient (Wildman–Crippen LogP) is 2.03. The Hall–Kier alpha value is -1.13. The van der Waals surface area contributed by atoms with E-state index in [2.05, 4.69) is 31.3 Å². The van der Waals surface area contributed by atoms with E-state index in [1.165, 1.54) is 5.57 Å². The van der Waals surface area contributed by atoms with Gasteiger partial charge >= 0.3 is 0 Å². The van der Waals surface area contributed by atoms with Crippen molar-refractivity contribution in [3.8, 4) is 0 Å². The maximum Gasteiger partial charge on any atom is 0.193 e. The number of nitrogens with one attached hydrogen (secondary N) is 1. The van der Waals surface area contributed by atoms with Crippen LogP contribution in [-0.2, 0) is 11.3 Å². The summed E-state index contributed by atoms with van der Waals surface area (Å²) in [6, 6.07) is 2.01. The predicted molar refractivity (Wildman–Crippen MR) is 113 cm³/mol. The van der Waals surface area contributed by atoms with E-state index >= 15 is 0 Å². The summed E-state index contributed by atoms with van der Waals surface area (Å²) in [5, 5.41) is 7.59. The number of halogens is 1. The highest BCUT2D eigenvalue weighted by Gasteiger charge is 2.20. The molecule has 3 rings (SSSR count). The van der Waals surface area contributed by atoms with Crippen LogP contribution in [0.15, 0.2) is 27.2 Å². The van der Waals surface area contributed by atoms with Gasteiger partial charge in [-0.2, -0.15) is 0 Å². The number of nitrogens with zero attached hydrogens (tertiary/aromatic N) is 4. The van der Waals surface area contributed by atoms with Crippen molar-refractivity contribution in [2.24, 2.45) is 4.99 Å². The van der Waals surface area contributed by atoms with Crippen molar-refractivity contribution in [2.75, 3.05) is 53.0 Å². The van der Waals surface area contributed by atoms with Crippen LogP contribution >= 0.6 is 24.0 Å². The Morgan fingerprint density at radius 2 is 2.12 bits per heavy atom. The van der Waals surface area contributed by atoms with Gasteiger partial charge in [0.1, 0.15) is 5.76 Å². The summed E-state index contributed by atoms with van der Waals surface area (Å²) >= 11 is 0.